The van der Waals surface area contributed by atoms with E-state index >= 15 is 0 Å². The SMILES string of the molecule is COCNC(C(=O)N1CCCC1c1ncc(-c2ccc3c(c2)C(c2ccc(C(C)(C)C)cc2)c2cc(-c4cnc(C5CCCN5C(=O)C(NC(=O)OC)C(C)C)[nH]4)ccc2-3)[nH]1)C(C)C. The minimum Gasteiger partial charge on any atom is -0.453 e. The average molecular weight is 869 g/mol. The summed E-state index contributed by atoms with van der Waals surface area (Å²) in [5.41, 5.74) is 11.2. The van der Waals surface area contributed by atoms with Crippen molar-refractivity contribution in [2.75, 3.05) is 34.0 Å². The zero-order chi connectivity index (χ0) is 45.4. The standard InChI is InChI=1S/C51H64N8O5/c1-29(2)44(54-28-63-8)48(60)58-22-10-12-41(58)46-52-26-39(55-46)32-16-20-35-36-21-17-33(25-38(36)43(37(35)24-32)31-14-18-34(19-15-31)51(5,6)7)40-27-53-47(56-40)42-13-11-23-59(42)49(61)45(30(3)4)57-50(62)64-9/h14-21,24-27,29-30,41-45,54H,10-13,22-23,28H2,1-9H3,(H,52,55)(H,53,56)(H,57,62). The van der Waals surface area contributed by atoms with Crippen LogP contribution in [0.3, 0.4) is 0 Å². The van der Waals surface area contributed by atoms with Gasteiger partial charge in [-0.1, -0.05) is 97.0 Å². The number of H-pyrrole nitrogens is 2. The second-order valence-corrected chi connectivity index (χ2v) is 19.4. The minimum atomic E-state index is -0.703. The number of aromatic amines is 2. The van der Waals surface area contributed by atoms with Crippen LogP contribution >= 0.6 is 0 Å². The topological polar surface area (TPSA) is 158 Å². The van der Waals surface area contributed by atoms with E-state index in [-0.39, 0.29) is 53.1 Å². The van der Waals surface area contributed by atoms with Crippen LogP contribution in [0.2, 0.25) is 0 Å². The number of nitrogens with one attached hydrogen (secondary N) is 4. The summed E-state index contributed by atoms with van der Waals surface area (Å²) in [4.78, 5) is 60.6. The van der Waals surface area contributed by atoms with Crippen LogP contribution in [-0.4, -0.2) is 93.8 Å². The molecule has 5 unspecified atom stereocenters. The molecule has 64 heavy (non-hydrogen) atoms. The summed E-state index contributed by atoms with van der Waals surface area (Å²) in [6.07, 6.45) is 6.54. The van der Waals surface area contributed by atoms with E-state index in [4.69, 9.17) is 19.4 Å². The maximum absolute atomic E-state index is 13.9. The molecule has 3 aromatic carbocycles. The summed E-state index contributed by atoms with van der Waals surface area (Å²) in [7, 11) is 2.93. The zero-order valence-electron chi connectivity index (χ0n) is 38.7. The average Bonchev–Trinajstić information content (AvgIpc) is 4.13. The van der Waals surface area contributed by atoms with Gasteiger partial charge in [-0.15, -0.1) is 0 Å². The van der Waals surface area contributed by atoms with Gasteiger partial charge in [0.25, 0.3) is 0 Å². The summed E-state index contributed by atoms with van der Waals surface area (Å²) in [6, 6.07) is 21.0. The largest absolute Gasteiger partial charge is 0.453 e. The molecule has 4 heterocycles. The number of nitrogens with zero attached hydrogens (tertiary/aromatic N) is 4. The number of amides is 3. The Balaban J connectivity index is 1.10. The highest BCUT2D eigenvalue weighted by Crippen LogP contribution is 2.50. The number of imidazole rings is 2. The highest BCUT2D eigenvalue weighted by molar-refractivity contribution is 5.87. The van der Waals surface area contributed by atoms with Crippen molar-refractivity contribution in [3.05, 3.63) is 107 Å². The lowest BCUT2D eigenvalue weighted by Crippen LogP contribution is -2.51. The molecule has 13 heteroatoms. The number of carbonyl (C=O) groups is 3. The molecular weight excluding hydrogens is 805 g/mol. The summed E-state index contributed by atoms with van der Waals surface area (Å²) in [5.74, 6) is 1.44. The molecule has 0 spiro atoms. The van der Waals surface area contributed by atoms with Gasteiger partial charge in [0.15, 0.2) is 0 Å². The van der Waals surface area contributed by atoms with Crippen molar-refractivity contribution < 1.29 is 23.9 Å². The van der Waals surface area contributed by atoms with Gasteiger partial charge >= 0.3 is 6.09 Å². The third-order valence-corrected chi connectivity index (χ3v) is 13.4. The van der Waals surface area contributed by atoms with E-state index in [2.05, 4.69) is 116 Å². The molecule has 338 valence electrons. The molecule has 3 aliphatic rings. The van der Waals surface area contributed by atoms with Gasteiger partial charge in [-0.25, -0.2) is 14.8 Å². The third kappa shape index (κ3) is 8.72. The highest BCUT2D eigenvalue weighted by Gasteiger charge is 2.39. The number of benzene rings is 3. The van der Waals surface area contributed by atoms with E-state index in [0.29, 0.717) is 19.8 Å². The van der Waals surface area contributed by atoms with E-state index in [1.807, 2.05) is 36.0 Å². The summed E-state index contributed by atoms with van der Waals surface area (Å²) in [6.45, 7) is 16.3. The fourth-order valence-corrected chi connectivity index (χ4v) is 9.90. The highest BCUT2D eigenvalue weighted by atomic mass is 16.5. The number of hydrogen-bond acceptors (Lipinski definition) is 8. The third-order valence-electron chi connectivity index (χ3n) is 13.4. The maximum Gasteiger partial charge on any atom is 0.407 e. The molecule has 2 fully saturated rings. The molecule has 2 aromatic heterocycles. The summed E-state index contributed by atoms with van der Waals surface area (Å²) in [5, 5.41) is 6.02. The van der Waals surface area contributed by atoms with Crippen LogP contribution in [0.4, 0.5) is 4.79 Å². The number of aromatic nitrogens is 4. The van der Waals surface area contributed by atoms with Crippen molar-refractivity contribution in [3.8, 4) is 33.6 Å². The molecule has 4 N–H and O–H groups in total. The Hall–Kier alpha value is -5.79. The molecule has 1 aliphatic carbocycles. The second kappa shape index (κ2) is 18.4. The van der Waals surface area contributed by atoms with Gasteiger partial charge < -0.3 is 34.6 Å². The quantitative estimate of drug-likeness (QED) is 0.0839. The van der Waals surface area contributed by atoms with Crippen LogP contribution in [0.25, 0.3) is 33.6 Å². The Labute approximate surface area is 377 Å². The number of methoxy groups -OCH3 is 2. The van der Waals surface area contributed by atoms with E-state index < -0.39 is 12.1 Å². The van der Waals surface area contributed by atoms with Gasteiger partial charge in [0.2, 0.25) is 11.8 Å². The van der Waals surface area contributed by atoms with Crippen molar-refractivity contribution in [2.45, 2.75) is 110 Å². The first-order chi connectivity index (χ1) is 30.7. The Morgan fingerprint density at radius 2 is 1.23 bits per heavy atom. The Kier molecular flexibility index (Phi) is 12.9. The van der Waals surface area contributed by atoms with Crippen molar-refractivity contribution in [3.63, 3.8) is 0 Å². The molecule has 0 bridgehead atoms. The Morgan fingerprint density at radius 1 is 0.734 bits per heavy atom. The van der Waals surface area contributed by atoms with Gasteiger partial charge in [0, 0.05) is 26.1 Å². The molecule has 0 saturated carbocycles. The number of hydrogen-bond donors (Lipinski definition) is 4. The van der Waals surface area contributed by atoms with Gasteiger partial charge in [0.1, 0.15) is 17.7 Å². The van der Waals surface area contributed by atoms with Crippen LogP contribution in [-0.2, 0) is 24.5 Å². The lowest BCUT2D eigenvalue weighted by atomic mass is 9.83. The Morgan fingerprint density at radius 3 is 1.69 bits per heavy atom. The summed E-state index contributed by atoms with van der Waals surface area (Å²) < 4.78 is 10.1. The van der Waals surface area contributed by atoms with E-state index in [9.17, 15) is 14.4 Å². The van der Waals surface area contributed by atoms with E-state index in [1.165, 1.54) is 40.5 Å². The predicted molar refractivity (Wildman–Crippen MR) is 248 cm³/mol. The van der Waals surface area contributed by atoms with Gasteiger partial charge in [-0.3, -0.25) is 14.9 Å². The number of ether oxygens (including phenoxy) is 2. The fourth-order valence-electron chi connectivity index (χ4n) is 9.90. The van der Waals surface area contributed by atoms with E-state index in [1.54, 1.807) is 7.11 Å². The molecule has 8 rings (SSSR count). The zero-order valence-corrected chi connectivity index (χ0v) is 38.7. The Bertz CT molecular complexity index is 2480. The predicted octanol–water partition coefficient (Wildman–Crippen LogP) is 8.85. The van der Waals surface area contributed by atoms with Crippen molar-refractivity contribution in [1.82, 2.24) is 40.4 Å². The number of alkyl carbamates (subject to hydrolysis) is 1. The number of rotatable bonds is 13. The molecule has 0 radical (unpaired) electrons. The molecule has 13 nitrogen and oxygen atoms in total. The monoisotopic (exact) mass is 868 g/mol. The number of fused-ring (bicyclic) bond motifs is 3. The maximum atomic E-state index is 13.9. The number of carbonyl (C=O) groups excluding carboxylic acids is 3. The first kappa shape index (κ1) is 44.8. The van der Waals surface area contributed by atoms with Crippen LogP contribution in [0.5, 0.6) is 0 Å². The fraction of sp³-hybridized carbons (Fsp3) is 0.471. The van der Waals surface area contributed by atoms with Crippen LogP contribution < -0.4 is 10.6 Å². The number of likely N-dealkylation sites (tertiary alicyclic amines) is 2. The minimum absolute atomic E-state index is 0.0176. The van der Waals surface area contributed by atoms with E-state index in [0.717, 1.165) is 59.8 Å². The molecule has 2 aliphatic heterocycles. The lowest BCUT2D eigenvalue weighted by Gasteiger charge is -2.30. The van der Waals surface area contributed by atoms with Crippen molar-refractivity contribution in [1.29, 1.82) is 0 Å². The van der Waals surface area contributed by atoms with Crippen LogP contribution in [0.1, 0.15) is 126 Å². The molecule has 3 amide bonds. The van der Waals surface area contributed by atoms with Gasteiger partial charge in [-0.05, 0) is 99.6 Å². The molecule has 5 atom stereocenters. The van der Waals surface area contributed by atoms with Gasteiger partial charge in [-0.2, -0.15) is 0 Å². The molecular formula is C51H64N8O5. The first-order valence-corrected chi connectivity index (χ1v) is 22.9. The van der Waals surface area contributed by atoms with Crippen LogP contribution in [0, 0.1) is 11.8 Å². The summed E-state index contributed by atoms with van der Waals surface area (Å²) >= 11 is 0. The van der Waals surface area contributed by atoms with Crippen LogP contribution in [0.15, 0.2) is 73.1 Å². The van der Waals surface area contributed by atoms with Gasteiger partial charge in [0.05, 0.1) is 55.7 Å². The lowest BCUT2D eigenvalue weighted by molar-refractivity contribution is -0.136. The molecule has 2 saturated heterocycles. The smallest absolute Gasteiger partial charge is 0.407 e. The first-order valence-electron chi connectivity index (χ1n) is 22.9. The normalized spacial score (nSPS) is 19.3. The molecule has 5 aromatic rings. The second-order valence-electron chi connectivity index (χ2n) is 19.4. The van der Waals surface area contributed by atoms with Crippen molar-refractivity contribution in [2.24, 2.45) is 11.8 Å². The van der Waals surface area contributed by atoms with Crippen molar-refractivity contribution >= 4 is 17.9 Å².